The predicted molar refractivity (Wildman–Crippen MR) is 164 cm³/mol. The molecule has 0 saturated heterocycles. The van der Waals surface area contributed by atoms with Crippen LogP contribution >= 0.6 is 11.3 Å². The summed E-state index contributed by atoms with van der Waals surface area (Å²) in [5.74, 6) is -0.308. The Morgan fingerprint density at radius 3 is 2.67 bits per heavy atom. The van der Waals surface area contributed by atoms with Gasteiger partial charge in [-0.25, -0.2) is 9.78 Å². The van der Waals surface area contributed by atoms with Crippen LogP contribution in [0.4, 0.5) is 5.00 Å². The Morgan fingerprint density at radius 1 is 1.12 bits per heavy atom. The lowest BCUT2D eigenvalue weighted by Crippen LogP contribution is -2.32. The van der Waals surface area contributed by atoms with Gasteiger partial charge in [0.05, 0.1) is 30.2 Å². The molecule has 0 unspecified atom stereocenters. The van der Waals surface area contributed by atoms with Crippen molar-refractivity contribution in [1.82, 2.24) is 14.0 Å². The molecule has 1 aliphatic carbocycles. The first-order valence-electron chi connectivity index (χ1n) is 14.2. The minimum absolute atomic E-state index is 0.0122. The highest BCUT2D eigenvalue weighted by molar-refractivity contribution is 7.17. The van der Waals surface area contributed by atoms with Crippen molar-refractivity contribution in [3.8, 4) is 5.75 Å². The Balaban J connectivity index is 1.45. The fourth-order valence-corrected chi connectivity index (χ4v) is 6.83. The maximum Gasteiger partial charge on any atom is 0.341 e. The van der Waals surface area contributed by atoms with E-state index in [1.165, 1.54) is 21.8 Å². The van der Waals surface area contributed by atoms with Crippen molar-refractivity contribution in [1.29, 1.82) is 5.41 Å². The smallest absolute Gasteiger partial charge is 0.341 e. The molecule has 4 heterocycles. The number of ether oxygens (including phenoxy) is 2. The van der Waals surface area contributed by atoms with Crippen molar-refractivity contribution in [2.75, 3.05) is 19.0 Å². The average molecular weight is 598 g/mol. The highest BCUT2D eigenvalue weighted by Gasteiger charge is 2.28. The number of anilines is 1. The Morgan fingerprint density at radius 2 is 1.91 bits per heavy atom. The van der Waals surface area contributed by atoms with Gasteiger partial charge in [-0.15, -0.1) is 11.3 Å². The largest absolute Gasteiger partial charge is 0.497 e. The highest BCUT2D eigenvalue weighted by Crippen LogP contribution is 2.38. The molecule has 220 valence electrons. The van der Waals surface area contributed by atoms with E-state index in [9.17, 15) is 14.4 Å². The molecule has 1 amide bonds. The molecule has 5 aromatic rings. The third kappa shape index (κ3) is 5.32. The minimum Gasteiger partial charge on any atom is -0.497 e. The van der Waals surface area contributed by atoms with Crippen LogP contribution in [0.2, 0.25) is 0 Å². The van der Waals surface area contributed by atoms with Gasteiger partial charge in [0.25, 0.3) is 11.5 Å². The molecule has 0 atom stereocenters. The molecule has 0 fully saturated rings. The number of fused-ring (bicyclic) bond motifs is 3. The van der Waals surface area contributed by atoms with E-state index in [1.54, 1.807) is 43.0 Å². The number of rotatable bonds is 8. The van der Waals surface area contributed by atoms with Crippen LogP contribution in [0.3, 0.4) is 0 Å². The van der Waals surface area contributed by atoms with Crippen LogP contribution in [0, 0.1) is 5.41 Å². The first-order chi connectivity index (χ1) is 20.9. The number of thiophene rings is 1. The summed E-state index contributed by atoms with van der Waals surface area (Å²) in [4.78, 5) is 46.2. The molecule has 11 heteroatoms. The number of carbonyl (C=O) groups excluding carboxylic acids is 2. The summed E-state index contributed by atoms with van der Waals surface area (Å²) in [6.45, 7) is 2.27. The monoisotopic (exact) mass is 597 g/mol. The van der Waals surface area contributed by atoms with Crippen LogP contribution in [-0.4, -0.2) is 39.5 Å². The predicted octanol–water partition coefficient (Wildman–Crippen LogP) is 4.75. The van der Waals surface area contributed by atoms with Gasteiger partial charge in [-0.2, -0.15) is 0 Å². The van der Waals surface area contributed by atoms with Crippen molar-refractivity contribution in [3.63, 3.8) is 0 Å². The zero-order valence-corrected chi connectivity index (χ0v) is 24.8. The second-order valence-corrected chi connectivity index (χ2v) is 11.4. The van der Waals surface area contributed by atoms with Gasteiger partial charge in [-0.1, -0.05) is 18.2 Å². The van der Waals surface area contributed by atoms with Gasteiger partial charge in [0.2, 0.25) is 0 Å². The number of nitrogens with zero attached hydrogens (tertiary/aromatic N) is 3. The van der Waals surface area contributed by atoms with Crippen molar-refractivity contribution >= 4 is 44.9 Å². The zero-order valence-electron chi connectivity index (χ0n) is 23.9. The molecule has 0 saturated carbocycles. The molecule has 4 aromatic heterocycles. The summed E-state index contributed by atoms with van der Waals surface area (Å²) in [6, 6.07) is 14.3. The Labute approximate surface area is 251 Å². The number of aryl methyl sites for hydroxylation is 3. The molecule has 43 heavy (non-hydrogen) atoms. The fraction of sp³-hybridized carbons (Fsp3) is 0.281. The maximum absolute atomic E-state index is 13.9. The van der Waals surface area contributed by atoms with Crippen LogP contribution < -0.4 is 21.1 Å². The number of hydrogen-bond acceptors (Lipinski definition) is 8. The maximum atomic E-state index is 13.9. The SMILES string of the molecule is CCOC(=O)c1c(NC(=O)c2cc3c(=O)n4ccccc4nc3n(CCc3ccc(OC)cc3)c2=N)sc2c1CCCC2. The summed E-state index contributed by atoms with van der Waals surface area (Å²) in [5.41, 5.74) is 2.68. The zero-order chi connectivity index (χ0) is 30.1. The quantitative estimate of drug-likeness (QED) is 0.196. The van der Waals surface area contributed by atoms with E-state index < -0.39 is 11.9 Å². The highest BCUT2D eigenvalue weighted by atomic mass is 32.1. The van der Waals surface area contributed by atoms with Crippen molar-refractivity contribution in [2.24, 2.45) is 0 Å². The summed E-state index contributed by atoms with van der Waals surface area (Å²) in [7, 11) is 1.61. The first kappa shape index (κ1) is 28.4. The lowest BCUT2D eigenvalue weighted by Gasteiger charge is -2.15. The Bertz CT molecular complexity index is 1990. The van der Waals surface area contributed by atoms with Gasteiger partial charge < -0.3 is 19.4 Å². The molecule has 10 nitrogen and oxygen atoms in total. The number of esters is 1. The summed E-state index contributed by atoms with van der Waals surface area (Å²) < 4.78 is 13.6. The molecule has 6 rings (SSSR count). The van der Waals surface area contributed by atoms with Crippen molar-refractivity contribution in [2.45, 2.75) is 45.6 Å². The molecule has 1 aliphatic rings. The Kier molecular flexibility index (Phi) is 7.81. The van der Waals surface area contributed by atoms with Crippen LogP contribution in [0.15, 0.2) is 59.5 Å². The van der Waals surface area contributed by atoms with Gasteiger partial charge in [0.1, 0.15) is 27.5 Å². The minimum atomic E-state index is -0.577. The molecule has 0 aliphatic heterocycles. The second-order valence-electron chi connectivity index (χ2n) is 10.3. The third-order valence-corrected chi connectivity index (χ3v) is 8.93. The van der Waals surface area contributed by atoms with Gasteiger partial charge >= 0.3 is 5.97 Å². The summed E-state index contributed by atoms with van der Waals surface area (Å²) >= 11 is 1.38. The molecular formula is C32H31N5O5S. The van der Waals surface area contributed by atoms with Crippen molar-refractivity contribution in [3.05, 3.63) is 97.7 Å². The second kappa shape index (κ2) is 11.8. The topological polar surface area (TPSA) is 128 Å². The fourth-order valence-electron chi connectivity index (χ4n) is 5.55. The van der Waals surface area contributed by atoms with Crippen LogP contribution in [-0.2, 0) is 30.5 Å². The molecule has 1 aromatic carbocycles. The van der Waals surface area contributed by atoms with Gasteiger partial charge in [0, 0.05) is 17.6 Å². The standard InChI is InChI=1S/C32H31N5O5S/c1-3-42-32(40)26-21-8-4-5-9-24(21)43-30(26)35-29(38)22-18-23-28(34-25-10-6-7-16-36(25)31(23)39)37(27(22)33)17-15-19-11-13-20(41-2)14-12-19/h6-7,10-14,16,18,33H,3-5,8-9,15,17H2,1-2H3,(H,35,38). The van der Waals surface area contributed by atoms with E-state index in [4.69, 9.17) is 19.9 Å². The number of hydrogen-bond donors (Lipinski definition) is 2. The Hall–Kier alpha value is -4.77. The molecule has 2 N–H and O–H groups in total. The van der Waals surface area contributed by atoms with Crippen LogP contribution in [0.1, 0.15) is 56.5 Å². The summed E-state index contributed by atoms with van der Waals surface area (Å²) in [5, 5.41) is 12.6. The normalized spacial score (nSPS) is 12.7. The van der Waals surface area contributed by atoms with Crippen LogP contribution in [0.25, 0.3) is 16.7 Å². The number of pyridine rings is 2. The van der Waals surface area contributed by atoms with E-state index in [-0.39, 0.29) is 28.6 Å². The van der Waals surface area contributed by atoms with E-state index in [0.29, 0.717) is 34.8 Å². The molecule has 0 bridgehead atoms. The van der Waals surface area contributed by atoms with Gasteiger partial charge in [-0.3, -0.25) is 19.4 Å². The lowest BCUT2D eigenvalue weighted by molar-refractivity contribution is 0.0526. The number of aromatic nitrogens is 3. The van der Waals surface area contributed by atoms with E-state index in [2.05, 4.69) is 5.32 Å². The van der Waals surface area contributed by atoms with Gasteiger partial charge in [0.15, 0.2) is 0 Å². The van der Waals surface area contributed by atoms with E-state index in [1.807, 2.05) is 24.3 Å². The number of amides is 1. The van der Waals surface area contributed by atoms with Gasteiger partial charge in [-0.05, 0) is 80.5 Å². The van der Waals surface area contributed by atoms with Crippen molar-refractivity contribution < 1.29 is 19.1 Å². The molecule has 0 radical (unpaired) electrons. The molecule has 0 spiro atoms. The van der Waals surface area contributed by atoms with E-state index >= 15 is 0 Å². The van der Waals surface area contributed by atoms with Crippen LogP contribution in [0.5, 0.6) is 5.75 Å². The van der Waals surface area contributed by atoms with E-state index in [0.717, 1.165) is 47.4 Å². The third-order valence-electron chi connectivity index (χ3n) is 7.72. The molecular weight excluding hydrogens is 566 g/mol. The lowest BCUT2D eigenvalue weighted by atomic mass is 9.95. The summed E-state index contributed by atoms with van der Waals surface area (Å²) in [6.07, 6.45) is 5.72. The number of nitrogens with one attached hydrogen (secondary N) is 2. The number of methoxy groups -OCH3 is 1. The average Bonchev–Trinajstić information content (AvgIpc) is 3.39. The first-order valence-corrected chi connectivity index (χ1v) is 15.1. The number of carbonyl (C=O) groups is 2. The number of benzene rings is 1.